The molecule has 0 spiro atoms. The van der Waals surface area contributed by atoms with Gasteiger partial charge in [0, 0.05) is 25.9 Å². The van der Waals surface area contributed by atoms with Gasteiger partial charge in [0.2, 0.25) is 0 Å². The van der Waals surface area contributed by atoms with Gasteiger partial charge in [0.15, 0.2) is 0 Å². The van der Waals surface area contributed by atoms with Crippen molar-refractivity contribution in [1.82, 2.24) is 4.98 Å². The molecular formula is C14H13BrINO. The van der Waals surface area contributed by atoms with Crippen LogP contribution in [0, 0.1) is 3.57 Å². The van der Waals surface area contributed by atoms with Crippen molar-refractivity contribution in [3.05, 3.63) is 61.9 Å². The van der Waals surface area contributed by atoms with Crippen LogP contribution in [0.4, 0.5) is 0 Å². The van der Waals surface area contributed by atoms with Crippen molar-refractivity contribution in [1.29, 1.82) is 0 Å². The van der Waals surface area contributed by atoms with Gasteiger partial charge in [-0.25, -0.2) is 0 Å². The number of aromatic nitrogens is 1. The highest BCUT2D eigenvalue weighted by molar-refractivity contribution is 14.1. The Hall–Kier alpha value is -0.460. The number of pyridine rings is 1. The Kier molecular flexibility index (Phi) is 4.75. The Morgan fingerprint density at radius 3 is 2.72 bits per heavy atom. The summed E-state index contributed by atoms with van der Waals surface area (Å²) >= 11 is 5.68. The van der Waals surface area contributed by atoms with Gasteiger partial charge < -0.3 is 5.11 Å². The fourth-order valence-corrected chi connectivity index (χ4v) is 2.85. The van der Waals surface area contributed by atoms with Crippen LogP contribution in [0.1, 0.15) is 30.2 Å². The Morgan fingerprint density at radius 2 is 2.06 bits per heavy atom. The van der Waals surface area contributed by atoms with Crippen LogP contribution in [0.15, 0.2) is 47.1 Å². The molecule has 2 rings (SSSR count). The Morgan fingerprint density at radius 1 is 1.28 bits per heavy atom. The molecule has 0 saturated carbocycles. The van der Waals surface area contributed by atoms with Gasteiger partial charge in [-0.3, -0.25) is 4.98 Å². The van der Waals surface area contributed by atoms with Crippen LogP contribution in [0.5, 0.6) is 0 Å². The van der Waals surface area contributed by atoms with E-state index in [0.29, 0.717) is 0 Å². The van der Waals surface area contributed by atoms with Crippen LogP contribution in [-0.4, -0.2) is 10.1 Å². The minimum absolute atomic E-state index is 0.0333. The lowest BCUT2D eigenvalue weighted by Crippen LogP contribution is -2.10. The maximum absolute atomic E-state index is 10.5. The molecule has 1 heterocycles. The van der Waals surface area contributed by atoms with Crippen LogP contribution in [0.2, 0.25) is 0 Å². The number of hydrogen-bond donors (Lipinski definition) is 1. The average Bonchev–Trinajstić information content (AvgIpc) is 2.41. The van der Waals surface area contributed by atoms with Crippen LogP contribution in [-0.2, 0) is 0 Å². The molecule has 0 aliphatic carbocycles. The second-order valence-corrected chi connectivity index (χ2v) is 6.23. The topological polar surface area (TPSA) is 33.1 Å². The number of aliphatic hydroxyl groups is 1. The van der Waals surface area contributed by atoms with Crippen molar-refractivity contribution in [2.75, 3.05) is 0 Å². The lowest BCUT2D eigenvalue weighted by molar-refractivity contribution is 0.149. The zero-order valence-corrected chi connectivity index (χ0v) is 13.6. The largest absolute Gasteiger partial charge is 0.388 e. The minimum atomic E-state index is -0.552. The van der Waals surface area contributed by atoms with Gasteiger partial charge in [0.1, 0.15) is 0 Å². The van der Waals surface area contributed by atoms with Gasteiger partial charge in [-0.15, -0.1) is 0 Å². The molecule has 0 saturated heterocycles. The number of rotatable bonds is 3. The number of hydrogen-bond acceptors (Lipinski definition) is 2. The Balaban J connectivity index is 2.31. The van der Waals surface area contributed by atoms with E-state index >= 15 is 0 Å². The number of aliphatic hydroxyl groups excluding tert-OH is 1. The summed E-state index contributed by atoms with van der Waals surface area (Å²) in [5.74, 6) is -0.0333. The van der Waals surface area contributed by atoms with E-state index in [1.165, 1.54) is 0 Å². The summed E-state index contributed by atoms with van der Waals surface area (Å²) in [7, 11) is 0. The first kappa shape index (κ1) is 14.0. The molecule has 2 atom stereocenters. The Bertz CT molecular complexity index is 533. The van der Waals surface area contributed by atoms with Gasteiger partial charge >= 0.3 is 0 Å². The second kappa shape index (κ2) is 6.12. The SMILES string of the molecule is CC(c1ccccn1)C(O)c1cc(Br)ccc1I. The number of halogens is 2. The van der Waals surface area contributed by atoms with Crippen molar-refractivity contribution >= 4 is 38.5 Å². The second-order valence-electron chi connectivity index (χ2n) is 4.15. The van der Waals surface area contributed by atoms with E-state index in [-0.39, 0.29) is 5.92 Å². The monoisotopic (exact) mass is 417 g/mol. The van der Waals surface area contributed by atoms with Crippen molar-refractivity contribution in [2.45, 2.75) is 18.9 Å². The molecule has 0 aliphatic heterocycles. The van der Waals surface area contributed by atoms with Crippen molar-refractivity contribution in [3.8, 4) is 0 Å². The number of nitrogens with zero attached hydrogens (tertiary/aromatic N) is 1. The minimum Gasteiger partial charge on any atom is -0.388 e. The molecule has 0 aliphatic rings. The van der Waals surface area contributed by atoms with Gasteiger partial charge in [0.25, 0.3) is 0 Å². The lowest BCUT2D eigenvalue weighted by atomic mass is 9.94. The summed E-state index contributed by atoms with van der Waals surface area (Å²) in [5.41, 5.74) is 1.84. The van der Waals surface area contributed by atoms with E-state index in [0.717, 1.165) is 19.3 Å². The fourth-order valence-electron chi connectivity index (χ4n) is 1.82. The molecule has 2 nitrogen and oxygen atoms in total. The third-order valence-electron chi connectivity index (χ3n) is 2.90. The molecule has 2 aromatic rings. The molecule has 4 heteroatoms. The molecule has 94 valence electrons. The highest BCUT2D eigenvalue weighted by Crippen LogP contribution is 2.33. The summed E-state index contributed by atoms with van der Waals surface area (Å²) < 4.78 is 2.04. The standard InChI is InChI=1S/C14H13BrINO/c1-9(13-4-2-3-7-17-13)14(18)11-8-10(15)5-6-12(11)16/h2-9,14,18H,1H3. The number of benzene rings is 1. The van der Waals surface area contributed by atoms with E-state index in [4.69, 9.17) is 0 Å². The molecule has 1 N–H and O–H groups in total. The van der Waals surface area contributed by atoms with E-state index in [9.17, 15) is 5.11 Å². The highest BCUT2D eigenvalue weighted by Gasteiger charge is 2.21. The van der Waals surface area contributed by atoms with E-state index in [1.807, 2.05) is 43.3 Å². The maximum Gasteiger partial charge on any atom is 0.0881 e. The highest BCUT2D eigenvalue weighted by atomic mass is 127. The molecule has 2 unspecified atom stereocenters. The zero-order valence-electron chi connectivity index (χ0n) is 9.85. The van der Waals surface area contributed by atoms with Gasteiger partial charge in [-0.2, -0.15) is 0 Å². The molecule has 0 amide bonds. The van der Waals surface area contributed by atoms with E-state index in [1.54, 1.807) is 6.20 Å². The summed E-state index contributed by atoms with van der Waals surface area (Å²) in [5, 5.41) is 10.5. The molecule has 0 radical (unpaired) electrons. The molecule has 0 bridgehead atoms. The molecule has 0 fully saturated rings. The summed E-state index contributed by atoms with van der Waals surface area (Å²) in [6.07, 6.45) is 1.20. The molecule has 1 aromatic carbocycles. The fraction of sp³-hybridized carbons (Fsp3) is 0.214. The van der Waals surface area contributed by atoms with Crippen LogP contribution < -0.4 is 0 Å². The third kappa shape index (κ3) is 3.10. The maximum atomic E-state index is 10.5. The summed E-state index contributed by atoms with van der Waals surface area (Å²) in [6, 6.07) is 11.7. The van der Waals surface area contributed by atoms with Gasteiger partial charge in [-0.1, -0.05) is 28.9 Å². The van der Waals surface area contributed by atoms with Crippen LogP contribution >= 0.6 is 38.5 Å². The van der Waals surface area contributed by atoms with Gasteiger partial charge in [0.05, 0.1) is 6.10 Å². The first-order valence-electron chi connectivity index (χ1n) is 5.63. The quantitative estimate of drug-likeness (QED) is 0.756. The summed E-state index contributed by atoms with van der Waals surface area (Å²) in [4.78, 5) is 4.30. The molecular weight excluding hydrogens is 405 g/mol. The molecule has 18 heavy (non-hydrogen) atoms. The smallest absolute Gasteiger partial charge is 0.0881 e. The van der Waals surface area contributed by atoms with Crippen molar-refractivity contribution in [2.24, 2.45) is 0 Å². The first-order valence-corrected chi connectivity index (χ1v) is 7.50. The van der Waals surface area contributed by atoms with Crippen LogP contribution in [0.25, 0.3) is 0 Å². The zero-order chi connectivity index (χ0) is 13.1. The van der Waals surface area contributed by atoms with Crippen molar-refractivity contribution < 1.29 is 5.11 Å². The summed E-state index contributed by atoms with van der Waals surface area (Å²) in [6.45, 7) is 1.99. The van der Waals surface area contributed by atoms with E-state index in [2.05, 4.69) is 43.5 Å². The Labute approximate surface area is 129 Å². The average molecular weight is 418 g/mol. The predicted molar refractivity (Wildman–Crippen MR) is 84.5 cm³/mol. The van der Waals surface area contributed by atoms with Gasteiger partial charge in [-0.05, 0) is 58.5 Å². The molecule has 1 aromatic heterocycles. The third-order valence-corrected chi connectivity index (χ3v) is 4.38. The normalized spacial score (nSPS) is 14.2. The predicted octanol–water partition coefficient (Wildman–Crippen LogP) is 4.29. The van der Waals surface area contributed by atoms with Crippen molar-refractivity contribution in [3.63, 3.8) is 0 Å². The lowest BCUT2D eigenvalue weighted by Gasteiger charge is -2.20. The first-order chi connectivity index (χ1) is 8.59. The van der Waals surface area contributed by atoms with E-state index < -0.39 is 6.10 Å². The van der Waals surface area contributed by atoms with Crippen LogP contribution in [0.3, 0.4) is 0 Å².